The summed E-state index contributed by atoms with van der Waals surface area (Å²) >= 11 is 0. The van der Waals surface area contributed by atoms with E-state index in [1.807, 2.05) is 45.0 Å². The molecule has 0 spiro atoms. The molecule has 0 unspecified atom stereocenters. The Bertz CT molecular complexity index is 1030. The highest BCUT2D eigenvalue weighted by molar-refractivity contribution is 6.01. The predicted molar refractivity (Wildman–Crippen MR) is 119 cm³/mol. The first-order valence-electron chi connectivity index (χ1n) is 9.94. The van der Waals surface area contributed by atoms with Gasteiger partial charge in [0.05, 0.1) is 25.0 Å². The predicted octanol–water partition coefficient (Wildman–Crippen LogP) is 4.93. The maximum Gasteiger partial charge on any atom is 0.248 e. The molecule has 3 rings (SSSR count). The number of ether oxygens (including phenoxy) is 3. The van der Waals surface area contributed by atoms with Gasteiger partial charge in [-0.25, -0.2) is 0 Å². The van der Waals surface area contributed by atoms with Gasteiger partial charge in [0.1, 0.15) is 18.1 Å². The van der Waals surface area contributed by atoms with Crippen LogP contribution in [0.15, 0.2) is 53.1 Å². The van der Waals surface area contributed by atoms with Gasteiger partial charge in [0.15, 0.2) is 11.5 Å². The number of rotatable bonds is 9. The number of carbonyl (C=O) groups excluding carboxylic acids is 1. The van der Waals surface area contributed by atoms with Gasteiger partial charge in [-0.1, -0.05) is 11.2 Å². The first kappa shape index (κ1) is 22.0. The Morgan fingerprint density at radius 3 is 2.52 bits per heavy atom. The van der Waals surface area contributed by atoms with Gasteiger partial charge in [-0.3, -0.25) is 4.79 Å². The molecule has 0 saturated carbocycles. The Hall–Kier alpha value is -3.74. The van der Waals surface area contributed by atoms with Crippen LogP contribution in [0.5, 0.6) is 17.2 Å². The summed E-state index contributed by atoms with van der Waals surface area (Å²) in [4.78, 5) is 12.2. The van der Waals surface area contributed by atoms with Gasteiger partial charge < -0.3 is 24.1 Å². The summed E-state index contributed by atoms with van der Waals surface area (Å²) in [6.07, 6.45) is 3.18. The Balaban J connectivity index is 1.62. The summed E-state index contributed by atoms with van der Waals surface area (Å²) in [6.45, 7) is 6.58. The molecule has 0 fully saturated rings. The van der Waals surface area contributed by atoms with E-state index >= 15 is 0 Å². The first-order chi connectivity index (χ1) is 15.0. The Kier molecular flexibility index (Phi) is 7.32. The van der Waals surface area contributed by atoms with E-state index in [-0.39, 0.29) is 5.91 Å². The molecule has 1 amide bonds. The topological polar surface area (TPSA) is 82.8 Å². The minimum absolute atomic E-state index is 0.234. The molecule has 1 aromatic heterocycles. The standard InChI is InChI=1S/C24H26N2O5/c1-5-29-20-10-8-19(9-11-20)25-24(27)13-7-18-6-12-22(23(14-18)28-4)30-15-21-16(2)26-31-17(21)3/h6-14H,5,15H2,1-4H3,(H,25,27). The van der Waals surface area contributed by atoms with Crippen molar-refractivity contribution in [2.24, 2.45) is 0 Å². The molecule has 2 aromatic carbocycles. The molecule has 7 heteroatoms. The molecule has 7 nitrogen and oxygen atoms in total. The van der Waals surface area contributed by atoms with Gasteiger partial charge in [-0.15, -0.1) is 0 Å². The van der Waals surface area contributed by atoms with Crippen molar-refractivity contribution < 1.29 is 23.5 Å². The summed E-state index contributed by atoms with van der Waals surface area (Å²) in [5.74, 6) is 2.43. The minimum atomic E-state index is -0.234. The third-order valence-electron chi connectivity index (χ3n) is 4.60. The fourth-order valence-corrected chi connectivity index (χ4v) is 2.92. The highest BCUT2D eigenvalue weighted by atomic mass is 16.5. The number of aromatic nitrogens is 1. The highest BCUT2D eigenvalue weighted by Gasteiger charge is 2.12. The molecule has 0 saturated heterocycles. The molecule has 162 valence electrons. The molecule has 0 radical (unpaired) electrons. The zero-order valence-electron chi connectivity index (χ0n) is 18.1. The van der Waals surface area contributed by atoms with Crippen molar-refractivity contribution in [3.05, 3.63) is 71.1 Å². The zero-order chi connectivity index (χ0) is 22.2. The zero-order valence-corrected chi connectivity index (χ0v) is 18.1. The number of aryl methyl sites for hydroxylation is 2. The van der Waals surface area contributed by atoms with E-state index in [1.54, 1.807) is 31.4 Å². The molecule has 31 heavy (non-hydrogen) atoms. The smallest absolute Gasteiger partial charge is 0.248 e. The number of hydrogen-bond donors (Lipinski definition) is 1. The maximum atomic E-state index is 12.2. The van der Waals surface area contributed by atoms with E-state index in [2.05, 4.69) is 10.5 Å². The third-order valence-corrected chi connectivity index (χ3v) is 4.60. The Morgan fingerprint density at radius 2 is 1.87 bits per heavy atom. The number of methoxy groups -OCH3 is 1. The van der Waals surface area contributed by atoms with Crippen LogP contribution in [-0.2, 0) is 11.4 Å². The molecular formula is C24H26N2O5. The summed E-state index contributed by atoms with van der Waals surface area (Å²) in [6, 6.07) is 12.7. The van der Waals surface area contributed by atoms with Crippen molar-refractivity contribution in [2.45, 2.75) is 27.4 Å². The van der Waals surface area contributed by atoms with Gasteiger partial charge >= 0.3 is 0 Å². The lowest BCUT2D eigenvalue weighted by Gasteiger charge is -2.11. The fraction of sp³-hybridized carbons (Fsp3) is 0.250. The van der Waals surface area contributed by atoms with Gasteiger partial charge in [0.2, 0.25) is 5.91 Å². The van der Waals surface area contributed by atoms with E-state index in [9.17, 15) is 4.79 Å². The summed E-state index contributed by atoms with van der Waals surface area (Å²) in [5, 5.41) is 6.74. The minimum Gasteiger partial charge on any atom is -0.494 e. The number of hydrogen-bond acceptors (Lipinski definition) is 6. The molecule has 0 atom stereocenters. The normalized spacial score (nSPS) is 10.8. The number of benzene rings is 2. The maximum absolute atomic E-state index is 12.2. The van der Waals surface area contributed by atoms with Crippen molar-refractivity contribution in [2.75, 3.05) is 19.0 Å². The van der Waals surface area contributed by atoms with Crippen molar-refractivity contribution in [1.82, 2.24) is 5.16 Å². The van der Waals surface area contributed by atoms with Crippen LogP contribution in [0, 0.1) is 13.8 Å². The average molecular weight is 422 g/mol. The van der Waals surface area contributed by atoms with Gasteiger partial charge in [-0.05, 0) is 68.8 Å². The highest BCUT2D eigenvalue weighted by Crippen LogP contribution is 2.30. The van der Waals surface area contributed by atoms with Crippen LogP contribution in [0.25, 0.3) is 6.08 Å². The lowest BCUT2D eigenvalue weighted by molar-refractivity contribution is -0.111. The number of nitrogens with zero attached hydrogens (tertiary/aromatic N) is 1. The largest absolute Gasteiger partial charge is 0.494 e. The number of nitrogens with one attached hydrogen (secondary N) is 1. The lowest BCUT2D eigenvalue weighted by Crippen LogP contribution is -2.07. The summed E-state index contributed by atoms with van der Waals surface area (Å²) in [7, 11) is 1.57. The number of carbonyl (C=O) groups is 1. The van der Waals surface area contributed by atoms with Gasteiger partial charge in [0.25, 0.3) is 0 Å². The van der Waals surface area contributed by atoms with Crippen molar-refractivity contribution in [1.29, 1.82) is 0 Å². The van der Waals surface area contributed by atoms with E-state index in [0.29, 0.717) is 30.4 Å². The van der Waals surface area contributed by atoms with Crippen LogP contribution in [0.1, 0.15) is 29.5 Å². The molecule has 1 N–H and O–H groups in total. The monoisotopic (exact) mass is 422 g/mol. The first-order valence-corrected chi connectivity index (χ1v) is 9.94. The molecule has 1 heterocycles. The molecule has 0 aliphatic carbocycles. The van der Waals surface area contributed by atoms with Crippen molar-refractivity contribution >= 4 is 17.7 Å². The number of amides is 1. The lowest BCUT2D eigenvalue weighted by atomic mass is 10.1. The molecule has 3 aromatic rings. The Labute approximate surface area is 181 Å². The molecule has 0 aliphatic heterocycles. The van der Waals surface area contributed by atoms with E-state index in [1.165, 1.54) is 6.08 Å². The van der Waals surface area contributed by atoms with Crippen molar-refractivity contribution in [3.8, 4) is 17.2 Å². The van der Waals surface area contributed by atoms with Crippen LogP contribution in [0.3, 0.4) is 0 Å². The number of anilines is 1. The quantitative estimate of drug-likeness (QED) is 0.493. The van der Waals surface area contributed by atoms with E-state index in [0.717, 1.165) is 28.3 Å². The third kappa shape index (κ3) is 5.88. The van der Waals surface area contributed by atoms with Gasteiger partial charge in [-0.2, -0.15) is 0 Å². The van der Waals surface area contributed by atoms with Crippen molar-refractivity contribution in [3.63, 3.8) is 0 Å². The Morgan fingerprint density at radius 1 is 1.10 bits per heavy atom. The van der Waals surface area contributed by atoms with Crippen LogP contribution in [0.2, 0.25) is 0 Å². The van der Waals surface area contributed by atoms with Gasteiger partial charge in [0, 0.05) is 11.8 Å². The fourth-order valence-electron chi connectivity index (χ4n) is 2.92. The van der Waals surface area contributed by atoms with E-state index < -0.39 is 0 Å². The second-order valence-electron chi connectivity index (χ2n) is 6.78. The molecular weight excluding hydrogens is 396 g/mol. The molecule has 0 aliphatic rings. The van der Waals surface area contributed by atoms with Crippen LogP contribution in [0.4, 0.5) is 5.69 Å². The summed E-state index contributed by atoms with van der Waals surface area (Å²) < 4.78 is 21.9. The second kappa shape index (κ2) is 10.3. The SMILES string of the molecule is CCOc1ccc(NC(=O)C=Cc2ccc(OCc3c(C)noc3C)c(OC)c2)cc1. The van der Waals surface area contributed by atoms with E-state index in [4.69, 9.17) is 18.7 Å². The average Bonchev–Trinajstić information content (AvgIpc) is 3.10. The van der Waals surface area contributed by atoms with Crippen LogP contribution < -0.4 is 19.5 Å². The molecule has 0 bridgehead atoms. The summed E-state index contributed by atoms with van der Waals surface area (Å²) in [5.41, 5.74) is 3.22. The van der Waals surface area contributed by atoms with Crippen LogP contribution in [-0.4, -0.2) is 24.8 Å². The second-order valence-corrected chi connectivity index (χ2v) is 6.78. The van der Waals surface area contributed by atoms with Crippen LogP contribution >= 0.6 is 0 Å².